The quantitative estimate of drug-likeness (QED) is 0.0543. The minimum Gasteiger partial charge on any atom is -0.374 e. The summed E-state index contributed by atoms with van der Waals surface area (Å²) in [6.45, 7) is 17.2. The van der Waals surface area contributed by atoms with Gasteiger partial charge in [0, 0.05) is 103 Å². The number of carbonyl (C=O) groups excluding carboxylic acids is 2. The zero-order valence-electron chi connectivity index (χ0n) is 45.6. The van der Waals surface area contributed by atoms with Crippen LogP contribution >= 0.6 is 21.6 Å². The summed E-state index contributed by atoms with van der Waals surface area (Å²) in [4.78, 5) is 38.8. The number of nitrogens with zero attached hydrogens (tertiary/aromatic N) is 6. The Hall–Kier alpha value is -4.54. The predicted molar refractivity (Wildman–Crippen MR) is 307 cm³/mol. The third-order valence-electron chi connectivity index (χ3n) is 15.8. The third kappa shape index (κ3) is 11.7. The van der Waals surface area contributed by atoms with Crippen molar-refractivity contribution in [2.75, 3.05) is 141 Å². The van der Waals surface area contributed by atoms with Gasteiger partial charge in [-0.2, -0.15) is 0 Å². The maximum absolute atomic E-state index is 13.5. The molecule has 12 nitrogen and oxygen atoms in total. The summed E-state index contributed by atoms with van der Waals surface area (Å²) in [5, 5.41) is 6.27. The number of hydrogen-bond donors (Lipinski definition) is 2. The van der Waals surface area contributed by atoms with E-state index in [1.54, 1.807) is 21.6 Å². The summed E-state index contributed by atoms with van der Waals surface area (Å²) in [6.07, 6.45) is 19.1. The average Bonchev–Trinajstić information content (AvgIpc) is 4.09. The number of carbonyl (C=O) groups is 2. The van der Waals surface area contributed by atoms with Crippen LogP contribution < -0.4 is 25.3 Å². The predicted octanol–water partition coefficient (Wildman–Crippen LogP) is 8.82. The van der Waals surface area contributed by atoms with Crippen molar-refractivity contribution in [3.8, 4) is 0 Å². The van der Waals surface area contributed by atoms with E-state index in [0.717, 1.165) is 103 Å². The zero-order valence-corrected chi connectivity index (χ0v) is 47.3. The molecule has 4 aliphatic heterocycles. The van der Waals surface area contributed by atoms with Crippen molar-refractivity contribution in [2.24, 2.45) is 0 Å². The maximum atomic E-state index is 13.5. The summed E-state index contributed by atoms with van der Waals surface area (Å²) in [7, 11) is 18.8. The van der Waals surface area contributed by atoms with E-state index in [4.69, 9.17) is 9.47 Å². The number of fused-ring (bicyclic) bond motifs is 6. The van der Waals surface area contributed by atoms with E-state index in [9.17, 15) is 9.59 Å². The van der Waals surface area contributed by atoms with Crippen LogP contribution in [0.4, 0.5) is 17.1 Å². The highest BCUT2D eigenvalue weighted by atomic mass is 33.1. The number of ether oxygens (including phenoxy) is 2. The van der Waals surface area contributed by atoms with Gasteiger partial charge in [0.2, 0.25) is 0 Å². The van der Waals surface area contributed by atoms with Crippen LogP contribution in [-0.2, 0) is 20.3 Å². The van der Waals surface area contributed by atoms with Gasteiger partial charge in [-0.05, 0) is 130 Å². The first kappa shape index (κ1) is 54.7. The van der Waals surface area contributed by atoms with Crippen molar-refractivity contribution >= 4 is 56.5 Å². The maximum Gasteiger partial charge on any atom is 0.251 e. The Bertz CT molecular complexity index is 2570. The molecule has 2 saturated heterocycles. The molecule has 0 saturated carbocycles. The molecule has 1 aliphatic carbocycles. The topological polar surface area (TPSA) is 92.9 Å². The lowest BCUT2D eigenvalue weighted by Crippen LogP contribution is -2.51. The fourth-order valence-corrected chi connectivity index (χ4v) is 13.2. The van der Waals surface area contributed by atoms with Crippen molar-refractivity contribution in [3.05, 3.63) is 131 Å². The highest BCUT2D eigenvalue weighted by molar-refractivity contribution is 8.76. The molecular weight excluding hydrogens is 949 g/mol. The second kappa shape index (κ2) is 22.7. The summed E-state index contributed by atoms with van der Waals surface area (Å²) in [5.41, 5.74) is 7.29. The fraction of sp³-hybridized carbons (Fsp3) is 0.525. The molecule has 73 heavy (non-hydrogen) atoms. The molecule has 4 heterocycles. The van der Waals surface area contributed by atoms with Gasteiger partial charge in [-0.25, -0.2) is 0 Å². The first-order valence-electron chi connectivity index (χ1n) is 26.4. The first-order chi connectivity index (χ1) is 34.8. The smallest absolute Gasteiger partial charge is 0.251 e. The number of hydrogen-bond acceptors (Lipinski definition) is 11. The minimum absolute atomic E-state index is 0.0745. The van der Waals surface area contributed by atoms with Crippen molar-refractivity contribution in [2.45, 2.75) is 75.3 Å². The zero-order chi connectivity index (χ0) is 52.2. The van der Waals surface area contributed by atoms with Crippen LogP contribution in [0.15, 0.2) is 103 Å². The molecule has 394 valence electrons. The van der Waals surface area contributed by atoms with Crippen LogP contribution in [0, 0.1) is 0 Å². The van der Waals surface area contributed by atoms with Gasteiger partial charge >= 0.3 is 0 Å². The average molecular weight is 1030 g/mol. The highest BCUT2D eigenvalue weighted by Gasteiger charge is 2.60. The molecule has 0 spiro atoms. The van der Waals surface area contributed by atoms with E-state index in [0.29, 0.717) is 43.5 Å². The second-order valence-electron chi connectivity index (χ2n) is 22.8. The fourth-order valence-electron chi connectivity index (χ4n) is 11.4. The van der Waals surface area contributed by atoms with Gasteiger partial charge in [-0.3, -0.25) is 14.5 Å². The number of rotatable bonds is 23. The molecule has 8 rings (SSSR count). The molecule has 5 aliphatic rings. The van der Waals surface area contributed by atoms with Gasteiger partial charge in [0.05, 0.1) is 40.9 Å². The second-order valence-corrected chi connectivity index (χ2v) is 25.5. The molecule has 2 fully saturated rings. The van der Waals surface area contributed by atoms with Crippen molar-refractivity contribution in [1.29, 1.82) is 0 Å². The summed E-state index contributed by atoms with van der Waals surface area (Å²) in [5.74, 6) is 1.35. The standard InChI is InChI=1S/C59H82N8O4S2/c1-56(2)50-42-46(18-24-52(50)65-35-38-70-58(56,65)28-26-44-14-20-48(21-15-44)63(7)33-12-32-62(5)6)54(68)60-30-40-72-73-41-31-61-55(69)47-19-25-53-51(43-47)57(3,4)59(66(53)36-39-71-59)29-27-45-16-22-49(23-17-45)64(8)34-13-37-67(9,10)11/h14-20,22-29,42-43,48H,12-13,21,30-41H2,1-11H3,(H-,60,61,68,69)/p+1/b28-26+,29-27+. The Kier molecular flexibility index (Phi) is 17.0. The number of allylic oxidation sites excluding steroid dienone is 3. The number of amides is 2. The van der Waals surface area contributed by atoms with Crippen LogP contribution in [0.2, 0.25) is 0 Å². The molecule has 2 N–H and O–H groups in total. The molecule has 3 unspecified atom stereocenters. The molecule has 0 bridgehead atoms. The summed E-state index contributed by atoms with van der Waals surface area (Å²) >= 11 is 0. The Labute approximate surface area is 445 Å². The number of benzene rings is 3. The van der Waals surface area contributed by atoms with E-state index in [1.165, 1.54) is 11.3 Å². The van der Waals surface area contributed by atoms with Gasteiger partial charge in [0.15, 0.2) is 11.4 Å². The molecule has 3 atom stereocenters. The van der Waals surface area contributed by atoms with Crippen LogP contribution in [0.5, 0.6) is 0 Å². The number of quaternary nitrogens is 1. The van der Waals surface area contributed by atoms with Gasteiger partial charge in [-0.1, -0.05) is 91.8 Å². The third-order valence-corrected chi connectivity index (χ3v) is 18.2. The van der Waals surface area contributed by atoms with Gasteiger partial charge < -0.3 is 44.2 Å². The number of anilines is 3. The lowest BCUT2D eigenvalue weighted by atomic mass is 9.76. The Morgan fingerprint density at radius 2 is 1.27 bits per heavy atom. The lowest BCUT2D eigenvalue weighted by Gasteiger charge is -2.40. The number of nitrogens with one attached hydrogen (secondary N) is 2. The molecular formula is C59H83N8O4S2+. The SMILES string of the molecule is CN(C)CCCN(C)C1C=CC(/C=C/C23OCCN2c2ccc(C(=O)NCCSSCCNC(=O)c4ccc5c(c4)C(C)(C)C4(/C=C/c6ccc(N(C)CCC[N+](C)(C)C)cc6)OCCN54)cc2C3(C)C)=CC1. The van der Waals surface area contributed by atoms with Crippen molar-refractivity contribution in [1.82, 2.24) is 20.4 Å². The van der Waals surface area contributed by atoms with Crippen LogP contribution in [0.1, 0.15) is 84.4 Å². The van der Waals surface area contributed by atoms with E-state index < -0.39 is 16.9 Å². The van der Waals surface area contributed by atoms with Gasteiger partial charge in [0.25, 0.3) is 11.8 Å². The van der Waals surface area contributed by atoms with Gasteiger partial charge in [0.1, 0.15) is 0 Å². The molecule has 0 aromatic heterocycles. The summed E-state index contributed by atoms with van der Waals surface area (Å²) in [6, 6.07) is 21.4. The van der Waals surface area contributed by atoms with E-state index in [2.05, 4.69) is 203 Å². The molecule has 0 radical (unpaired) electrons. The van der Waals surface area contributed by atoms with Crippen LogP contribution in [0.25, 0.3) is 6.08 Å². The van der Waals surface area contributed by atoms with Crippen LogP contribution in [0.3, 0.4) is 0 Å². The Morgan fingerprint density at radius 1 is 0.726 bits per heavy atom. The molecule has 3 aromatic rings. The normalized spacial score (nSPS) is 22.6. The first-order valence-corrected chi connectivity index (χ1v) is 28.9. The monoisotopic (exact) mass is 1030 g/mol. The van der Waals surface area contributed by atoms with E-state index in [1.807, 2.05) is 12.1 Å². The lowest BCUT2D eigenvalue weighted by molar-refractivity contribution is -0.870. The van der Waals surface area contributed by atoms with E-state index >= 15 is 0 Å². The Morgan fingerprint density at radius 3 is 1.78 bits per heavy atom. The largest absolute Gasteiger partial charge is 0.374 e. The van der Waals surface area contributed by atoms with Crippen molar-refractivity contribution in [3.63, 3.8) is 0 Å². The summed E-state index contributed by atoms with van der Waals surface area (Å²) < 4.78 is 14.3. The van der Waals surface area contributed by atoms with Crippen molar-refractivity contribution < 1.29 is 23.5 Å². The Balaban J connectivity index is 0.775. The number of likely N-dealkylation sites (N-methyl/N-ethyl adjacent to an activating group) is 1. The van der Waals surface area contributed by atoms with Crippen LogP contribution in [-0.4, -0.2) is 170 Å². The highest BCUT2D eigenvalue weighted by Crippen LogP contribution is 2.56. The molecule has 2 amide bonds. The van der Waals surface area contributed by atoms with E-state index in [-0.39, 0.29) is 17.2 Å². The minimum atomic E-state index is -0.649. The van der Waals surface area contributed by atoms with Gasteiger partial charge in [-0.15, -0.1) is 0 Å². The molecule has 3 aromatic carbocycles. The molecule has 14 heteroatoms.